The Morgan fingerprint density at radius 1 is 1.14 bits per heavy atom. The van der Waals surface area contributed by atoms with Gasteiger partial charge in [-0.05, 0) is 25.0 Å². The molecule has 10 nitrogen and oxygen atoms in total. The molecule has 0 unspecified atom stereocenters. The molecule has 1 fully saturated rings. The van der Waals surface area contributed by atoms with Gasteiger partial charge in [0.1, 0.15) is 24.0 Å². The first-order valence-electron chi connectivity index (χ1n) is 11.1. The van der Waals surface area contributed by atoms with Gasteiger partial charge in [0.2, 0.25) is 0 Å². The number of thiazole rings is 1. The number of hydrogen-bond acceptors (Lipinski definition) is 9. The second-order valence-electron chi connectivity index (χ2n) is 8.20. The normalized spacial score (nSPS) is 17.4. The predicted molar refractivity (Wildman–Crippen MR) is 134 cm³/mol. The number of carbonyl (C=O) groups excluding carboxylic acids is 2. The number of carbonyl (C=O) groups is 2. The largest absolute Gasteiger partial charge is 0.486 e. The van der Waals surface area contributed by atoms with E-state index < -0.39 is 21.9 Å². The van der Waals surface area contributed by atoms with E-state index in [2.05, 4.69) is 4.99 Å². The number of fused-ring (bicyclic) bond motifs is 2. The number of thiophene rings is 1. The Bertz CT molecular complexity index is 1500. The summed E-state index contributed by atoms with van der Waals surface area (Å²) in [4.78, 5) is 29.9. The van der Waals surface area contributed by atoms with Gasteiger partial charge in [-0.2, -0.15) is 9.30 Å². The molecule has 4 heterocycles. The van der Waals surface area contributed by atoms with Crippen LogP contribution in [0.15, 0.2) is 33.5 Å². The molecule has 0 bridgehead atoms. The molecule has 192 valence electrons. The van der Waals surface area contributed by atoms with Crippen LogP contribution in [-0.4, -0.2) is 62.6 Å². The second kappa shape index (κ2) is 10.1. The third-order valence-corrected chi connectivity index (χ3v) is 10.7. The van der Waals surface area contributed by atoms with Crippen molar-refractivity contribution in [3.8, 4) is 11.5 Å². The zero-order chi connectivity index (χ0) is 25.4. The fourth-order valence-corrected chi connectivity index (χ4v) is 8.28. The molecule has 1 amide bonds. The number of esters is 1. The number of hydrogen-bond donors (Lipinski definition) is 0. The van der Waals surface area contributed by atoms with Crippen molar-refractivity contribution in [3.05, 3.63) is 33.4 Å². The van der Waals surface area contributed by atoms with Crippen LogP contribution in [0, 0.1) is 5.92 Å². The molecular weight excluding hydrogens is 550 g/mol. The molecule has 0 saturated carbocycles. The molecule has 0 spiro atoms. The number of methoxy groups -OCH3 is 1. The Morgan fingerprint density at radius 3 is 2.47 bits per heavy atom. The zero-order valence-corrected chi connectivity index (χ0v) is 22.3. The summed E-state index contributed by atoms with van der Waals surface area (Å²) in [7, 11) is -2.35. The van der Waals surface area contributed by atoms with Crippen LogP contribution < -0.4 is 14.3 Å². The van der Waals surface area contributed by atoms with E-state index in [1.807, 2.05) is 6.07 Å². The maximum Gasteiger partial charge on any atom is 0.325 e. The molecule has 5 rings (SSSR count). The Hall–Kier alpha value is -2.45. The molecule has 1 saturated heterocycles. The molecule has 0 N–H and O–H groups in total. The van der Waals surface area contributed by atoms with Crippen molar-refractivity contribution in [3.63, 3.8) is 0 Å². The first kappa shape index (κ1) is 25.2. The van der Waals surface area contributed by atoms with Crippen LogP contribution in [0.3, 0.4) is 0 Å². The number of sulfonamides is 1. The zero-order valence-electron chi connectivity index (χ0n) is 19.1. The lowest BCUT2D eigenvalue weighted by Gasteiger charge is -2.29. The van der Waals surface area contributed by atoms with E-state index in [0.717, 1.165) is 16.0 Å². The van der Waals surface area contributed by atoms with Crippen molar-refractivity contribution in [1.29, 1.82) is 0 Å². The topological polar surface area (TPSA) is 116 Å². The number of amides is 1. The highest BCUT2D eigenvalue weighted by Crippen LogP contribution is 2.36. The van der Waals surface area contributed by atoms with Crippen molar-refractivity contribution in [2.24, 2.45) is 10.9 Å². The van der Waals surface area contributed by atoms with Crippen LogP contribution in [0.4, 0.5) is 0 Å². The van der Waals surface area contributed by atoms with E-state index in [4.69, 9.17) is 25.8 Å². The third-order valence-electron chi connectivity index (χ3n) is 6.01. The number of nitrogens with zero attached hydrogens (tertiary/aromatic N) is 3. The highest BCUT2D eigenvalue weighted by molar-refractivity contribution is 7.91. The van der Waals surface area contributed by atoms with Gasteiger partial charge in [-0.3, -0.25) is 9.59 Å². The molecule has 2 aliphatic rings. The number of piperidine rings is 1. The van der Waals surface area contributed by atoms with Gasteiger partial charge < -0.3 is 18.8 Å². The molecule has 2 aliphatic heterocycles. The van der Waals surface area contributed by atoms with Crippen molar-refractivity contribution in [2.45, 2.75) is 23.6 Å². The summed E-state index contributed by atoms with van der Waals surface area (Å²) >= 11 is 8.17. The standard InChI is InChI=1S/C22H22ClN3O7S3/c1-31-19(27)12-26-14-10-15-16(33-9-8-32-15)11-17(14)34-22(26)24-21(28)13-4-6-25(7-5-13)36(29,30)20-3-2-18(23)35-20/h2-3,10-11,13H,4-9,12H2,1H3. The van der Waals surface area contributed by atoms with Crippen LogP contribution in [0.25, 0.3) is 10.2 Å². The Kier molecular flexibility index (Phi) is 7.10. The number of benzene rings is 1. The van der Waals surface area contributed by atoms with Crippen molar-refractivity contribution < 1.29 is 32.2 Å². The molecular formula is C22H22ClN3O7S3. The number of aromatic nitrogens is 1. The molecule has 0 atom stereocenters. The van der Waals surface area contributed by atoms with Crippen molar-refractivity contribution in [2.75, 3.05) is 33.4 Å². The summed E-state index contributed by atoms with van der Waals surface area (Å²) in [6.07, 6.45) is 0.692. The predicted octanol–water partition coefficient (Wildman–Crippen LogP) is 2.89. The summed E-state index contributed by atoms with van der Waals surface area (Å²) in [6, 6.07) is 6.63. The molecule has 14 heteroatoms. The highest BCUT2D eigenvalue weighted by Gasteiger charge is 2.33. The van der Waals surface area contributed by atoms with E-state index >= 15 is 0 Å². The number of ether oxygens (including phenoxy) is 3. The Morgan fingerprint density at radius 2 is 1.83 bits per heavy atom. The van der Waals surface area contributed by atoms with E-state index in [9.17, 15) is 18.0 Å². The van der Waals surface area contributed by atoms with Gasteiger partial charge in [0.05, 0.1) is 21.7 Å². The maximum atomic E-state index is 13.1. The van der Waals surface area contributed by atoms with E-state index in [1.54, 1.807) is 16.7 Å². The van der Waals surface area contributed by atoms with E-state index in [-0.39, 0.29) is 29.8 Å². The molecule has 2 aromatic heterocycles. The van der Waals surface area contributed by atoms with Crippen molar-refractivity contribution >= 4 is 66.4 Å². The summed E-state index contributed by atoms with van der Waals surface area (Å²) in [5.74, 6) is -0.110. The average molecular weight is 572 g/mol. The average Bonchev–Trinajstić information content (AvgIpc) is 3.46. The monoisotopic (exact) mass is 571 g/mol. The smallest absolute Gasteiger partial charge is 0.325 e. The fourth-order valence-electron chi connectivity index (χ4n) is 4.13. The maximum absolute atomic E-state index is 13.1. The molecule has 0 radical (unpaired) electrons. The SMILES string of the molecule is COC(=O)Cn1c(=NC(=O)C2CCN(S(=O)(=O)c3ccc(Cl)s3)CC2)sc2cc3c(cc21)OCCO3. The molecule has 1 aromatic carbocycles. The van der Waals surface area contributed by atoms with Crippen LogP contribution in [0.2, 0.25) is 4.34 Å². The Labute approximate surface area is 219 Å². The van der Waals surface area contributed by atoms with Crippen LogP contribution >= 0.6 is 34.3 Å². The van der Waals surface area contributed by atoms with E-state index in [1.165, 1.54) is 28.8 Å². The van der Waals surface area contributed by atoms with Crippen molar-refractivity contribution in [1.82, 2.24) is 8.87 Å². The van der Waals surface area contributed by atoms with Gasteiger partial charge in [0, 0.05) is 31.1 Å². The first-order chi connectivity index (χ1) is 17.3. The number of rotatable bonds is 5. The van der Waals surface area contributed by atoms with Gasteiger partial charge in [-0.1, -0.05) is 22.9 Å². The minimum atomic E-state index is -3.65. The lowest BCUT2D eigenvalue weighted by Crippen LogP contribution is -2.40. The number of halogens is 1. The van der Waals surface area contributed by atoms with Gasteiger partial charge in [0.15, 0.2) is 16.3 Å². The molecule has 0 aliphatic carbocycles. The van der Waals surface area contributed by atoms with Crippen LogP contribution in [0.1, 0.15) is 12.8 Å². The van der Waals surface area contributed by atoms with Gasteiger partial charge in [0.25, 0.3) is 15.9 Å². The Balaban J connectivity index is 1.40. The summed E-state index contributed by atoms with van der Waals surface area (Å²) in [6.45, 7) is 1.15. The lowest BCUT2D eigenvalue weighted by molar-refractivity contribution is -0.141. The summed E-state index contributed by atoms with van der Waals surface area (Å²) in [5, 5.41) is 0. The lowest BCUT2D eigenvalue weighted by atomic mass is 9.98. The van der Waals surface area contributed by atoms with Crippen LogP contribution in [-0.2, 0) is 30.9 Å². The first-order valence-corrected chi connectivity index (χ1v) is 14.5. The fraction of sp³-hybridized carbons (Fsp3) is 0.409. The summed E-state index contributed by atoms with van der Waals surface area (Å²) < 4.78 is 46.2. The minimum absolute atomic E-state index is 0.123. The molecule has 3 aromatic rings. The highest BCUT2D eigenvalue weighted by atomic mass is 35.5. The molecule has 36 heavy (non-hydrogen) atoms. The van der Waals surface area contributed by atoms with Gasteiger partial charge in [-0.25, -0.2) is 8.42 Å². The minimum Gasteiger partial charge on any atom is -0.486 e. The van der Waals surface area contributed by atoms with Gasteiger partial charge >= 0.3 is 5.97 Å². The second-order valence-corrected chi connectivity index (χ2v) is 13.1. The van der Waals surface area contributed by atoms with E-state index in [0.29, 0.717) is 52.2 Å². The third kappa shape index (κ3) is 4.90. The summed E-state index contributed by atoms with van der Waals surface area (Å²) in [5.41, 5.74) is 0.678. The quantitative estimate of drug-likeness (QED) is 0.432. The van der Waals surface area contributed by atoms with Gasteiger partial charge in [-0.15, -0.1) is 11.3 Å². The van der Waals surface area contributed by atoms with Crippen LogP contribution in [0.5, 0.6) is 11.5 Å².